The van der Waals surface area contributed by atoms with Gasteiger partial charge in [-0.1, -0.05) is 55.8 Å². The fraction of sp³-hybridized carbons (Fsp3) is 0.333. The molecule has 0 aliphatic carbocycles. The van der Waals surface area contributed by atoms with Crippen LogP contribution in [0.2, 0.25) is 0 Å². The number of anilines is 1. The van der Waals surface area contributed by atoms with Crippen molar-refractivity contribution >= 4 is 17.5 Å². The van der Waals surface area contributed by atoms with Gasteiger partial charge in [0.05, 0.1) is 11.3 Å². The van der Waals surface area contributed by atoms with E-state index in [2.05, 4.69) is 10.6 Å². The van der Waals surface area contributed by atoms with Crippen LogP contribution in [0.1, 0.15) is 48.2 Å². The molecule has 0 radical (unpaired) electrons. The van der Waals surface area contributed by atoms with Gasteiger partial charge in [-0.3, -0.25) is 9.59 Å². The molecule has 0 fully saturated rings. The predicted octanol–water partition coefficient (Wildman–Crippen LogP) is 4.30. The summed E-state index contributed by atoms with van der Waals surface area (Å²) in [5.41, 5.74) is 3.26. The zero-order chi connectivity index (χ0) is 18.2. The molecule has 0 aliphatic heterocycles. The van der Waals surface area contributed by atoms with Gasteiger partial charge in [0.2, 0.25) is 5.91 Å². The molecule has 0 saturated heterocycles. The van der Waals surface area contributed by atoms with Gasteiger partial charge in [0.1, 0.15) is 0 Å². The van der Waals surface area contributed by atoms with E-state index in [1.54, 1.807) is 18.2 Å². The van der Waals surface area contributed by atoms with Crippen LogP contribution in [0.4, 0.5) is 5.69 Å². The van der Waals surface area contributed by atoms with Crippen LogP contribution in [0.15, 0.2) is 48.5 Å². The average molecular weight is 338 g/mol. The number of rotatable bonds is 7. The lowest BCUT2D eigenvalue weighted by Gasteiger charge is -2.15. The Morgan fingerprint density at radius 2 is 1.60 bits per heavy atom. The van der Waals surface area contributed by atoms with Crippen molar-refractivity contribution in [3.8, 4) is 0 Å². The normalized spacial score (nSPS) is 10.6. The Hall–Kier alpha value is -2.62. The van der Waals surface area contributed by atoms with Gasteiger partial charge in [0, 0.05) is 12.5 Å². The van der Waals surface area contributed by atoms with Gasteiger partial charge in [-0.2, -0.15) is 0 Å². The summed E-state index contributed by atoms with van der Waals surface area (Å²) in [4.78, 5) is 24.9. The van der Waals surface area contributed by atoms with Crippen molar-refractivity contribution in [3.63, 3.8) is 0 Å². The average Bonchev–Trinajstić information content (AvgIpc) is 2.62. The standard InChI is InChI=1S/C21H26N2O2/c1-4-17(5-2)20(24)23-19-9-7-6-8-18(19)21(25)22-14-16-12-10-15(3)11-13-16/h6-13,17H,4-5,14H2,1-3H3,(H,22,25)(H,23,24). The number of amides is 2. The largest absolute Gasteiger partial charge is 0.348 e. The number of aryl methyl sites for hydroxylation is 1. The highest BCUT2D eigenvalue weighted by Crippen LogP contribution is 2.18. The van der Waals surface area contributed by atoms with Crippen molar-refractivity contribution in [1.29, 1.82) is 0 Å². The minimum absolute atomic E-state index is 0.0382. The maximum atomic E-state index is 12.5. The summed E-state index contributed by atoms with van der Waals surface area (Å²) in [6.07, 6.45) is 1.56. The molecule has 2 rings (SSSR count). The van der Waals surface area contributed by atoms with E-state index >= 15 is 0 Å². The summed E-state index contributed by atoms with van der Waals surface area (Å²) in [6.45, 7) is 6.47. The van der Waals surface area contributed by atoms with Crippen LogP contribution in [0.25, 0.3) is 0 Å². The van der Waals surface area contributed by atoms with Crippen LogP contribution in [0.3, 0.4) is 0 Å². The Balaban J connectivity index is 2.06. The number of carbonyl (C=O) groups is 2. The van der Waals surface area contributed by atoms with Gasteiger partial charge in [-0.15, -0.1) is 0 Å². The van der Waals surface area contributed by atoms with E-state index in [4.69, 9.17) is 0 Å². The zero-order valence-electron chi connectivity index (χ0n) is 15.1. The second kappa shape index (κ2) is 9.02. The van der Waals surface area contributed by atoms with Crippen LogP contribution in [0, 0.1) is 12.8 Å². The van der Waals surface area contributed by atoms with E-state index in [1.807, 2.05) is 51.1 Å². The first kappa shape index (κ1) is 18.7. The lowest BCUT2D eigenvalue weighted by molar-refractivity contribution is -0.120. The Morgan fingerprint density at radius 3 is 2.24 bits per heavy atom. The summed E-state index contributed by atoms with van der Waals surface area (Å²) >= 11 is 0. The third kappa shape index (κ3) is 5.18. The second-order valence-corrected chi connectivity index (χ2v) is 6.22. The van der Waals surface area contributed by atoms with Gasteiger partial charge >= 0.3 is 0 Å². The molecule has 2 aromatic carbocycles. The van der Waals surface area contributed by atoms with Crippen molar-refractivity contribution in [2.45, 2.75) is 40.2 Å². The number of nitrogens with one attached hydrogen (secondary N) is 2. The first-order chi connectivity index (χ1) is 12.0. The van der Waals surface area contributed by atoms with Crippen LogP contribution in [-0.2, 0) is 11.3 Å². The molecule has 0 heterocycles. The Kier molecular flexibility index (Phi) is 6.75. The van der Waals surface area contributed by atoms with Gasteiger partial charge in [0.15, 0.2) is 0 Å². The summed E-state index contributed by atoms with van der Waals surface area (Å²) in [5, 5.41) is 5.81. The van der Waals surface area contributed by atoms with E-state index in [0.717, 1.165) is 18.4 Å². The topological polar surface area (TPSA) is 58.2 Å². The molecule has 2 amide bonds. The molecule has 4 heteroatoms. The second-order valence-electron chi connectivity index (χ2n) is 6.22. The lowest BCUT2D eigenvalue weighted by atomic mass is 10.0. The number of carbonyl (C=O) groups excluding carboxylic acids is 2. The molecule has 2 N–H and O–H groups in total. The molecule has 0 bridgehead atoms. The van der Waals surface area contributed by atoms with Gasteiger partial charge in [0.25, 0.3) is 5.91 Å². The molecule has 2 aromatic rings. The van der Waals surface area contributed by atoms with Crippen molar-refractivity contribution < 1.29 is 9.59 Å². The fourth-order valence-electron chi connectivity index (χ4n) is 2.67. The number of benzene rings is 2. The van der Waals surface area contributed by atoms with E-state index in [-0.39, 0.29) is 17.7 Å². The van der Waals surface area contributed by atoms with Crippen molar-refractivity contribution in [1.82, 2.24) is 5.32 Å². The van der Waals surface area contributed by atoms with Gasteiger partial charge in [-0.05, 0) is 37.5 Å². The van der Waals surface area contributed by atoms with Crippen LogP contribution in [0.5, 0.6) is 0 Å². The number of para-hydroxylation sites is 1. The van der Waals surface area contributed by atoms with E-state index in [0.29, 0.717) is 17.8 Å². The van der Waals surface area contributed by atoms with Crippen LogP contribution >= 0.6 is 0 Å². The monoisotopic (exact) mass is 338 g/mol. The highest BCUT2D eigenvalue weighted by Gasteiger charge is 2.17. The first-order valence-corrected chi connectivity index (χ1v) is 8.78. The molecule has 0 unspecified atom stereocenters. The minimum atomic E-state index is -0.193. The predicted molar refractivity (Wildman–Crippen MR) is 101 cm³/mol. The summed E-state index contributed by atoms with van der Waals surface area (Å²) in [5.74, 6) is -0.270. The minimum Gasteiger partial charge on any atom is -0.348 e. The molecule has 4 nitrogen and oxygen atoms in total. The maximum Gasteiger partial charge on any atom is 0.253 e. The molecule has 0 aromatic heterocycles. The van der Waals surface area contributed by atoms with E-state index in [9.17, 15) is 9.59 Å². The third-order valence-corrected chi connectivity index (χ3v) is 4.36. The lowest BCUT2D eigenvalue weighted by Crippen LogP contribution is -2.26. The smallest absolute Gasteiger partial charge is 0.253 e. The van der Waals surface area contributed by atoms with Crippen LogP contribution in [-0.4, -0.2) is 11.8 Å². The molecule has 0 saturated carbocycles. The quantitative estimate of drug-likeness (QED) is 0.791. The molecule has 132 valence electrons. The Bertz CT molecular complexity index is 719. The fourth-order valence-corrected chi connectivity index (χ4v) is 2.67. The van der Waals surface area contributed by atoms with E-state index in [1.165, 1.54) is 5.56 Å². The Labute approximate surface area is 149 Å². The maximum absolute atomic E-state index is 12.5. The highest BCUT2D eigenvalue weighted by molar-refractivity contribution is 6.04. The SMILES string of the molecule is CCC(CC)C(=O)Nc1ccccc1C(=O)NCc1ccc(C)cc1. The van der Waals surface area contributed by atoms with Crippen molar-refractivity contribution in [2.75, 3.05) is 5.32 Å². The molecule has 0 aliphatic rings. The Morgan fingerprint density at radius 1 is 0.960 bits per heavy atom. The van der Waals surface area contributed by atoms with Gasteiger partial charge in [-0.25, -0.2) is 0 Å². The summed E-state index contributed by atoms with van der Waals surface area (Å²) < 4.78 is 0. The zero-order valence-corrected chi connectivity index (χ0v) is 15.1. The van der Waals surface area contributed by atoms with Crippen molar-refractivity contribution in [3.05, 3.63) is 65.2 Å². The molecule has 0 atom stereocenters. The summed E-state index contributed by atoms with van der Waals surface area (Å²) in [6, 6.07) is 15.1. The molecular formula is C21H26N2O2. The summed E-state index contributed by atoms with van der Waals surface area (Å²) in [7, 11) is 0. The molecular weight excluding hydrogens is 312 g/mol. The third-order valence-electron chi connectivity index (χ3n) is 4.36. The van der Waals surface area contributed by atoms with Gasteiger partial charge < -0.3 is 10.6 Å². The van der Waals surface area contributed by atoms with Crippen LogP contribution < -0.4 is 10.6 Å². The number of hydrogen-bond donors (Lipinski definition) is 2. The highest BCUT2D eigenvalue weighted by atomic mass is 16.2. The van der Waals surface area contributed by atoms with Crippen molar-refractivity contribution in [2.24, 2.45) is 5.92 Å². The molecule has 0 spiro atoms. The molecule has 25 heavy (non-hydrogen) atoms. The number of hydrogen-bond acceptors (Lipinski definition) is 2. The van der Waals surface area contributed by atoms with E-state index < -0.39 is 0 Å². The first-order valence-electron chi connectivity index (χ1n) is 8.78.